The summed E-state index contributed by atoms with van der Waals surface area (Å²) < 4.78 is 36.8. The van der Waals surface area contributed by atoms with Crippen LogP contribution in [0.2, 0.25) is 0 Å². The van der Waals surface area contributed by atoms with Crippen LogP contribution < -0.4 is 9.46 Å². The molecule has 0 fully saturated rings. The largest absolute Gasteiger partial charge is 0.497 e. The molecule has 0 radical (unpaired) electrons. The Labute approximate surface area is 128 Å². The molecule has 2 aromatic carbocycles. The molecule has 7 heteroatoms. The maximum atomic E-state index is 12.4. The second kappa shape index (κ2) is 6.48. The van der Waals surface area contributed by atoms with Gasteiger partial charge in [0.2, 0.25) is 0 Å². The predicted molar refractivity (Wildman–Crippen MR) is 81.6 cm³/mol. The van der Waals surface area contributed by atoms with Gasteiger partial charge in [-0.05, 0) is 30.3 Å². The summed E-state index contributed by atoms with van der Waals surface area (Å²) >= 11 is 0. The zero-order valence-corrected chi connectivity index (χ0v) is 12.9. The average Bonchev–Trinajstić information content (AvgIpc) is 2.54. The number of esters is 1. The average molecular weight is 321 g/mol. The van der Waals surface area contributed by atoms with Crippen molar-refractivity contribution in [3.8, 4) is 5.75 Å². The van der Waals surface area contributed by atoms with Gasteiger partial charge in [0.15, 0.2) is 0 Å². The van der Waals surface area contributed by atoms with Crippen LogP contribution in [0.3, 0.4) is 0 Å². The summed E-state index contributed by atoms with van der Waals surface area (Å²) in [6.45, 7) is 0. The first-order chi connectivity index (χ1) is 10.5. The van der Waals surface area contributed by atoms with Crippen LogP contribution in [0, 0.1) is 0 Å². The molecule has 0 aliphatic rings. The number of carbonyl (C=O) groups is 1. The van der Waals surface area contributed by atoms with Gasteiger partial charge in [-0.3, -0.25) is 4.72 Å². The minimum Gasteiger partial charge on any atom is -0.497 e. The van der Waals surface area contributed by atoms with Crippen LogP contribution in [0.1, 0.15) is 10.4 Å². The van der Waals surface area contributed by atoms with E-state index in [9.17, 15) is 13.2 Å². The van der Waals surface area contributed by atoms with Crippen molar-refractivity contribution >= 4 is 21.7 Å². The van der Waals surface area contributed by atoms with Gasteiger partial charge in [-0.15, -0.1) is 0 Å². The zero-order valence-electron chi connectivity index (χ0n) is 12.1. The number of benzene rings is 2. The van der Waals surface area contributed by atoms with E-state index in [0.717, 1.165) is 0 Å². The van der Waals surface area contributed by atoms with Gasteiger partial charge in [0, 0.05) is 6.07 Å². The molecule has 0 saturated carbocycles. The molecule has 0 unspecified atom stereocenters. The van der Waals surface area contributed by atoms with Crippen molar-refractivity contribution in [1.82, 2.24) is 0 Å². The van der Waals surface area contributed by atoms with Crippen LogP contribution in [0.4, 0.5) is 5.69 Å². The highest BCUT2D eigenvalue weighted by atomic mass is 32.2. The lowest BCUT2D eigenvalue weighted by Gasteiger charge is -2.10. The molecule has 0 aromatic heterocycles. The van der Waals surface area contributed by atoms with E-state index in [4.69, 9.17) is 4.74 Å². The van der Waals surface area contributed by atoms with Gasteiger partial charge < -0.3 is 9.47 Å². The normalized spacial score (nSPS) is 10.8. The number of methoxy groups -OCH3 is 2. The Hall–Kier alpha value is -2.54. The topological polar surface area (TPSA) is 81.7 Å². The van der Waals surface area contributed by atoms with E-state index in [1.165, 1.54) is 38.5 Å². The van der Waals surface area contributed by atoms with E-state index >= 15 is 0 Å². The van der Waals surface area contributed by atoms with Crippen molar-refractivity contribution in [2.45, 2.75) is 4.90 Å². The predicted octanol–water partition coefficient (Wildman–Crippen LogP) is 2.28. The lowest BCUT2D eigenvalue weighted by molar-refractivity contribution is 0.0600. The summed E-state index contributed by atoms with van der Waals surface area (Å²) in [5.74, 6) is -0.0676. The van der Waals surface area contributed by atoms with Gasteiger partial charge in [-0.2, -0.15) is 0 Å². The number of rotatable bonds is 5. The van der Waals surface area contributed by atoms with Crippen LogP contribution >= 0.6 is 0 Å². The van der Waals surface area contributed by atoms with Gasteiger partial charge in [-0.1, -0.05) is 12.1 Å². The molecule has 22 heavy (non-hydrogen) atoms. The molecule has 0 spiro atoms. The van der Waals surface area contributed by atoms with Crippen LogP contribution in [0.25, 0.3) is 0 Å². The molecule has 0 saturated heterocycles. The Bertz CT molecular complexity index is 786. The van der Waals surface area contributed by atoms with Crippen molar-refractivity contribution < 1.29 is 22.7 Å². The molecule has 2 rings (SSSR count). The SMILES string of the molecule is COC(=O)c1cccc(S(=O)(=O)Nc2cccc(OC)c2)c1. The fourth-order valence-corrected chi connectivity index (χ4v) is 2.90. The van der Waals surface area contributed by atoms with Gasteiger partial charge in [0.1, 0.15) is 5.75 Å². The molecule has 0 bridgehead atoms. The summed E-state index contributed by atoms with van der Waals surface area (Å²) in [4.78, 5) is 11.5. The zero-order chi connectivity index (χ0) is 16.2. The van der Waals surface area contributed by atoms with E-state index in [-0.39, 0.29) is 10.5 Å². The minimum absolute atomic E-state index is 0.0294. The third-order valence-corrected chi connectivity index (χ3v) is 4.27. The molecule has 116 valence electrons. The van der Waals surface area contributed by atoms with Crippen molar-refractivity contribution in [2.24, 2.45) is 0 Å². The van der Waals surface area contributed by atoms with Gasteiger partial charge in [0.25, 0.3) is 10.0 Å². The first-order valence-electron chi connectivity index (χ1n) is 6.31. The third kappa shape index (κ3) is 3.56. The van der Waals surface area contributed by atoms with Crippen molar-refractivity contribution in [3.63, 3.8) is 0 Å². The molecule has 6 nitrogen and oxygen atoms in total. The summed E-state index contributed by atoms with van der Waals surface area (Å²) in [6.07, 6.45) is 0. The maximum Gasteiger partial charge on any atom is 0.337 e. The first kappa shape index (κ1) is 15.8. The molecular formula is C15H15NO5S. The third-order valence-electron chi connectivity index (χ3n) is 2.89. The highest BCUT2D eigenvalue weighted by Gasteiger charge is 2.17. The number of ether oxygens (including phenoxy) is 2. The van der Waals surface area contributed by atoms with Crippen molar-refractivity contribution in [1.29, 1.82) is 0 Å². The van der Waals surface area contributed by atoms with Crippen LogP contribution in [0.15, 0.2) is 53.4 Å². The van der Waals surface area contributed by atoms with Gasteiger partial charge in [-0.25, -0.2) is 13.2 Å². The maximum absolute atomic E-state index is 12.4. The first-order valence-corrected chi connectivity index (χ1v) is 7.80. The van der Waals surface area contributed by atoms with Crippen LogP contribution in [-0.4, -0.2) is 28.6 Å². The minimum atomic E-state index is -3.82. The summed E-state index contributed by atoms with van der Waals surface area (Å²) in [5, 5.41) is 0. The van der Waals surface area contributed by atoms with Crippen LogP contribution in [-0.2, 0) is 14.8 Å². The van der Waals surface area contributed by atoms with Gasteiger partial charge in [0.05, 0.1) is 30.4 Å². The van der Waals surface area contributed by atoms with E-state index < -0.39 is 16.0 Å². The Morgan fingerprint density at radius 3 is 2.45 bits per heavy atom. The molecule has 0 atom stereocenters. The summed E-state index contributed by atoms with van der Waals surface area (Å²) in [7, 11) is -1.09. The highest BCUT2D eigenvalue weighted by molar-refractivity contribution is 7.92. The highest BCUT2D eigenvalue weighted by Crippen LogP contribution is 2.21. The fourth-order valence-electron chi connectivity index (χ4n) is 1.81. The molecule has 1 N–H and O–H groups in total. The number of hydrogen-bond acceptors (Lipinski definition) is 5. The molecule has 2 aromatic rings. The second-order valence-electron chi connectivity index (χ2n) is 4.36. The number of hydrogen-bond donors (Lipinski definition) is 1. The number of nitrogens with one attached hydrogen (secondary N) is 1. The Morgan fingerprint density at radius 1 is 1.05 bits per heavy atom. The van der Waals surface area contributed by atoms with Crippen molar-refractivity contribution in [3.05, 3.63) is 54.1 Å². The molecule has 0 amide bonds. The monoisotopic (exact) mass is 321 g/mol. The van der Waals surface area contributed by atoms with E-state index in [0.29, 0.717) is 11.4 Å². The molecular weight excluding hydrogens is 306 g/mol. The summed E-state index contributed by atoms with van der Waals surface area (Å²) in [5.41, 5.74) is 0.527. The molecule has 0 heterocycles. The molecule has 0 aliphatic carbocycles. The van der Waals surface area contributed by atoms with Crippen LogP contribution in [0.5, 0.6) is 5.75 Å². The van der Waals surface area contributed by atoms with Gasteiger partial charge >= 0.3 is 5.97 Å². The Morgan fingerprint density at radius 2 is 1.77 bits per heavy atom. The number of sulfonamides is 1. The summed E-state index contributed by atoms with van der Waals surface area (Å²) in [6, 6.07) is 12.1. The lowest BCUT2D eigenvalue weighted by Crippen LogP contribution is -2.14. The number of carbonyl (C=O) groups excluding carboxylic acids is 1. The van der Waals surface area contributed by atoms with E-state index in [1.54, 1.807) is 24.3 Å². The standard InChI is InChI=1S/C15H15NO5S/c1-20-13-7-4-6-12(10-13)16-22(18,19)14-8-3-5-11(9-14)15(17)21-2/h3-10,16H,1-2H3. The van der Waals surface area contributed by atoms with E-state index in [2.05, 4.69) is 9.46 Å². The molecule has 0 aliphatic heterocycles. The fraction of sp³-hybridized carbons (Fsp3) is 0.133. The lowest BCUT2D eigenvalue weighted by atomic mass is 10.2. The van der Waals surface area contributed by atoms with E-state index in [1.807, 2.05) is 0 Å². The number of anilines is 1. The Balaban J connectivity index is 2.32. The van der Waals surface area contributed by atoms with Crippen molar-refractivity contribution in [2.75, 3.05) is 18.9 Å². The quantitative estimate of drug-likeness (QED) is 0.854. The second-order valence-corrected chi connectivity index (χ2v) is 6.04. The Kier molecular flexibility index (Phi) is 4.67. The smallest absolute Gasteiger partial charge is 0.337 e.